The van der Waals surface area contributed by atoms with Gasteiger partial charge in [0.05, 0.1) is 6.10 Å². The molecule has 1 saturated heterocycles. The van der Waals surface area contributed by atoms with Crippen LogP contribution in [0.5, 0.6) is 0 Å². The van der Waals surface area contributed by atoms with Crippen LogP contribution in [0.25, 0.3) is 10.9 Å². The SMILES string of the molecule is O[C@H]1CCN(Cc2cnc3c(Cl)nccc3c2)C1. The van der Waals surface area contributed by atoms with Gasteiger partial charge in [-0.1, -0.05) is 11.6 Å². The first-order valence-corrected chi connectivity index (χ1v) is 6.40. The molecule has 1 N–H and O–H groups in total. The molecule has 0 bridgehead atoms. The molecule has 1 atom stereocenters. The number of pyridine rings is 2. The van der Waals surface area contributed by atoms with Crippen molar-refractivity contribution >= 4 is 22.5 Å². The van der Waals surface area contributed by atoms with Crippen LogP contribution in [0.3, 0.4) is 0 Å². The number of nitrogens with zero attached hydrogens (tertiary/aromatic N) is 3. The number of rotatable bonds is 2. The molecule has 0 amide bonds. The van der Waals surface area contributed by atoms with Crippen molar-refractivity contribution in [1.29, 1.82) is 0 Å². The smallest absolute Gasteiger partial charge is 0.155 e. The number of aliphatic hydroxyl groups is 1. The van der Waals surface area contributed by atoms with E-state index in [1.54, 1.807) is 6.20 Å². The molecule has 5 heteroatoms. The van der Waals surface area contributed by atoms with Crippen LogP contribution in [0, 0.1) is 0 Å². The van der Waals surface area contributed by atoms with Crippen molar-refractivity contribution in [3.8, 4) is 0 Å². The summed E-state index contributed by atoms with van der Waals surface area (Å²) in [7, 11) is 0. The average molecular weight is 264 g/mol. The molecular formula is C13H14ClN3O. The lowest BCUT2D eigenvalue weighted by Crippen LogP contribution is -2.21. The highest BCUT2D eigenvalue weighted by atomic mass is 35.5. The van der Waals surface area contributed by atoms with Crippen molar-refractivity contribution in [3.05, 3.63) is 35.2 Å². The zero-order valence-electron chi connectivity index (χ0n) is 9.88. The van der Waals surface area contributed by atoms with Gasteiger partial charge in [-0.15, -0.1) is 0 Å². The molecular weight excluding hydrogens is 250 g/mol. The van der Waals surface area contributed by atoms with Gasteiger partial charge in [0.1, 0.15) is 5.52 Å². The lowest BCUT2D eigenvalue weighted by Gasteiger charge is -2.14. The molecule has 0 aliphatic carbocycles. The average Bonchev–Trinajstić information content (AvgIpc) is 2.75. The second kappa shape index (κ2) is 4.80. The van der Waals surface area contributed by atoms with E-state index < -0.39 is 0 Å². The lowest BCUT2D eigenvalue weighted by molar-refractivity contribution is 0.175. The molecule has 0 saturated carbocycles. The van der Waals surface area contributed by atoms with E-state index in [9.17, 15) is 5.11 Å². The second-order valence-corrected chi connectivity index (χ2v) is 5.05. The van der Waals surface area contributed by atoms with Crippen molar-refractivity contribution in [1.82, 2.24) is 14.9 Å². The molecule has 1 aliphatic rings. The van der Waals surface area contributed by atoms with Crippen LogP contribution in [0.15, 0.2) is 24.5 Å². The zero-order chi connectivity index (χ0) is 12.5. The standard InChI is InChI=1S/C13H14ClN3O/c14-13-12-10(1-3-15-13)5-9(6-16-12)7-17-4-2-11(18)8-17/h1,3,5-6,11,18H,2,4,7-8H2/t11-/m0/s1. The molecule has 3 rings (SSSR count). The minimum Gasteiger partial charge on any atom is -0.392 e. The molecule has 0 unspecified atom stereocenters. The van der Waals surface area contributed by atoms with Gasteiger partial charge >= 0.3 is 0 Å². The van der Waals surface area contributed by atoms with E-state index in [1.807, 2.05) is 12.3 Å². The summed E-state index contributed by atoms with van der Waals surface area (Å²) in [5.74, 6) is 0. The fourth-order valence-electron chi connectivity index (χ4n) is 2.37. The number of hydrogen-bond donors (Lipinski definition) is 1. The number of β-amino-alcohol motifs (C(OH)–C–C–N with tert-alkyl or cyclic N) is 1. The summed E-state index contributed by atoms with van der Waals surface area (Å²) in [5, 5.41) is 10.9. The highest BCUT2D eigenvalue weighted by Crippen LogP contribution is 2.21. The second-order valence-electron chi connectivity index (χ2n) is 4.69. The number of halogens is 1. The summed E-state index contributed by atoms with van der Waals surface area (Å²) in [4.78, 5) is 10.6. The Kier molecular flexibility index (Phi) is 3.16. The van der Waals surface area contributed by atoms with Crippen LogP contribution in [0.4, 0.5) is 0 Å². The minimum absolute atomic E-state index is 0.183. The molecule has 1 fully saturated rings. The molecule has 0 aromatic carbocycles. The Bertz CT molecular complexity index is 575. The maximum Gasteiger partial charge on any atom is 0.155 e. The highest BCUT2D eigenvalue weighted by molar-refractivity contribution is 6.33. The van der Waals surface area contributed by atoms with Crippen LogP contribution in [-0.2, 0) is 6.54 Å². The first kappa shape index (κ1) is 11.8. The molecule has 0 radical (unpaired) electrons. The third kappa shape index (κ3) is 2.32. The van der Waals surface area contributed by atoms with E-state index in [1.165, 1.54) is 0 Å². The topological polar surface area (TPSA) is 49.2 Å². The van der Waals surface area contributed by atoms with Gasteiger partial charge in [0.15, 0.2) is 5.15 Å². The van der Waals surface area contributed by atoms with Crippen molar-refractivity contribution in [2.45, 2.75) is 19.1 Å². The first-order chi connectivity index (χ1) is 8.72. The number of likely N-dealkylation sites (tertiary alicyclic amines) is 1. The van der Waals surface area contributed by atoms with Gasteiger partial charge in [0.25, 0.3) is 0 Å². The van der Waals surface area contributed by atoms with Crippen LogP contribution < -0.4 is 0 Å². The molecule has 94 valence electrons. The Morgan fingerprint density at radius 2 is 2.33 bits per heavy atom. The quantitative estimate of drug-likeness (QED) is 0.840. The third-order valence-corrected chi connectivity index (χ3v) is 3.54. The number of fused-ring (bicyclic) bond motifs is 1. The molecule has 1 aliphatic heterocycles. The molecule has 2 aromatic rings. The number of aliphatic hydroxyl groups excluding tert-OH is 1. The van der Waals surface area contributed by atoms with E-state index >= 15 is 0 Å². The van der Waals surface area contributed by atoms with E-state index in [-0.39, 0.29) is 6.10 Å². The summed E-state index contributed by atoms with van der Waals surface area (Å²) in [5.41, 5.74) is 1.88. The fourth-order valence-corrected chi connectivity index (χ4v) is 2.59. The van der Waals surface area contributed by atoms with Gasteiger partial charge in [0, 0.05) is 37.4 Å². The molecule has 2 aromatic heterocycles. The van der Waals surface area contributed by atoms with Gasteiger partial charge in [-0.25, -0.2) is 4.98 Å². The van der Waals surface area contributed by atoms with Crippen LogP contribution in [-0.4, -0.2) is 39.2 Å². The Balaban J connectivity index is 1.85. The number of aromatic nitrogens is 2. The molecule has 18 heavy (non-hydrogen) atoms. The van der Waals surface area contributed by atoms with Gasteiger partial charge < -0.3 is 5.11 Å². The normalized spacial score (nSPS) is 20.7. The van der Waals surface area contributed by atoms with Crippen molar-refractivity contribution in [2.24, 2.45) is 0 Å². The van der Waals surface area contributed by atoms with Crippen LogP contribution >= 0.6 is 11.6 Å². The van der Waals surface area contributed by atoms with E-state index in [0.29, 0.717) is 5.15 Å². The Morgan fingerprint density at radius 3 is 3.11 bits per heavy atom. The summed E-state index contributed by atoms with van der Waals surface area (Å²) < 4.78 is 0. The molecule has 4 nitrogen and oxygen atoms in total. The summed E-state index contributed by atoms with van der Waals surface area (Å²) >= 11 is 5.98. The Morgan fingerprint density at radius 1 is 1.44 bits per heavy atom. The van der Waals surface area contributed by atoms with Crippen molar-refractivity contribution in [3.63, 3.8) is 0 Å². The van der Waals surface area contributed by atoms with Gasteiger partial charge in [-0.05, 0) is 24.1 Å². The van der Waals surface area contributed by atoms with Crippen molar-refractivity contribution < 1.29 is 5.11 Å². The fraction of sp³-hybridized carbons (Fsp3) is 0.385. The summed E-state index contributed by atoms with van der Waals surface area (Å²) in [6.45, 7) is 2.51. The number of hydrogen-bond acceptors (Lipinski definition) is 4. The predicted octanol–water partition coefficient (Wildman–Crippen LogP) is 1.85. The Labute approximate surface area is 110 Å². The monoisotopic (exact) mass is 263 g/mol. The first-order valence-electron chi connectivity index (χ1n) is 6.02. The van der Waals surface area contributed by atoms with Crippen LogP contribution in [0.2, 0.25) is 5.15 Å². The minimum atomic E-state index is -0.183. The molecule has 0 spiro atoms. The van der Waals surface area contributed by atoms with E-state index in [2.05, 4.69) is 20.9 Å². The van der Waals surface area contributed by atoms with Gasteiger partial charge in [0.2, 0.25) is 0 Å². The maximum atomic E-state index is 9.50. The zero-order valence-corrected chi connectivity index (χ0v) is 10.6. The Hall–Kier alpha value is -1.23. The summed E-state index contributed by atoms with van der Waals surface area (Å²) in [6, 6.07) is 4.00. The lowest BCUT2D eigenvalue weighted by atomic mass is 10.2. The van der Waals surface area contributed by atoms with Gasteiger partial charge in [-0.2, -0.15) is 0 Å². The van der Waals surface area contributed by atoms with E-state index in [0.717, 1.165) is 42.5 Å². The van der Waals surface area contributed by atoms with E-state index in [4.69, 9.17) is 11.6 Å². The van der Waals surface area contributed by atoms with Crippen LogP contribution in [0.1, 0.15) is 12.0 Å². The largest absolute Gasteiger partial charge is 0.392 e. The summed E-state index contributed by atoms with van der Waals surface area (Å²) in [6.07, 6.45) is 4.20. The highest BCUT2D eigenvalue weighted by Gasteiger charge is 2.20. The maximum absolute atomic E-state index is 9.50. The molecule has 3 heterocycles. The third-order valence-electron chi connectivity index (χ3n) is 3.26. The predicted molar refractivity (Wildman–Crippen MR) is 70.4 cm³/mol. The van der Waals surface area contributed by atoms with Crippen molar-refractivity contribution in [2.75, 3.05) is 13.1 Å². The van der Waals surface area contributed by atoms with Gasteiger partial charge in [-0.3, -0.25) is 9.88 Å².